The molecule has 0 aliphatic carbocycles. The van der Waals surface area contributed by atoms with E-state index in [1.54, 1.807) is 16.7 Å². The van der Waals surface area contributed by atoms with Crippen molar-refractivity contribution in [2.75, 3.05) is 13.1 Å². The van der Waals surface area contributed by atoms with Gasteiger partial charge in [-0.05, 0) is 12.1 Å². The van der Waals surface area contributed by atoms with Gasteiger partial charge in [0.2, 0.25) is 0 Å². The smallest absolute Gasteiger partial charge is 0.196 e. The van der Waals surface area contributed by atoms with Crippen LogP contribution in [0.4, 0.5) is 4.39 Å². The fraction of sp³-hybridized carbons (Fsp3) is 0.333. The van der Waals surface area contributed by atoms with E-state index >= 15 is 0 Å². The van der Waals surface area contributed by atoms with Crippen LogP contribution >= 0.6 is 0 Å². The van der Waals surface area contributed by atoms with Crippen molar-refractivity contribution in [2.24, 2.45) is 0 Å². The van der Waals surface area contributed by atoms with Gasteiger partial charge in [0.1, 0.15) is 5.82 Å². The van der Waals surface area contributed by atoms with Crippen LogP contribution in [0, 0.1) is 5.82 Å². The number of halogens is 1. The third kappa shape index (κ3) is 0.957. The largest absolute Gasteiger partial charge is 0.315 e. The van der Waals surface area contributed by atoms with E-state index in [-0.39, 0.29) is 5.82 Å². The minimum absolute atomic E-state index is 0.314. The van der Waals surface area contributed by atoms with Gasteiger partial charge in [0, 0.05) is 25.2 Å². The van der Waals surface area contributed by atoms with Gasteiger partial charge in [-0.3, -0.25) is 4.40 Å². The molecule has 1 fully saturated rings. The number of nitrogens with one attached hydrogen (secondary N) is 1. The van der Waals surface area contributed by atoms with E-state index in [9.17, 15) is 4.39 Å². The van der Waals surface area contributed by atoms with Crippen LogP contribution in [-0.2, 0) is 0 Å². The second-order valence-electron chi connectivity index (χ2n) is 3.46. The summed E-state index contributed by atoms with van der Waals surface area (Å²) < 4.78 is 15.0. The van der Waals surface area contributed by atoms with Crippen LogP contribution in [0.2, 0.25) is 0 Å². The molecule has 0 radical (unpaired) electrons. The number of rotatable bonds is 1. The lowest BCUT2D eigenvalue weighted by Crippen LogP contribution is -2.40. The van der Waals surface area contributed by atoms with Gasteiger partial charge < -0.3 is 5.32 Å². The van der Waals surface area contributed by atoms with E-state index in [1.165, 1.54) is 6.07 Å². The highest BCUT2D eigenvalue weighted by molar-refractivity contribution is 5.40. The zero-order valence-electron chi connectivity index (χ0n) is 7.44. The Hall–Kier alpha value is -1.49. The van der Waals surface area contributed by atoms with Crippen molar-refractivity contribution in [3.63, 3.8) is 0 Å². The summed E-state index contributed by atoms with van der Waals surface area (Å²) in [5, 5.41) is 11.0. The predicted octanol–water partition coefficient (Wildman–Crippen LogP) is 0.555. The molecule has 1 saturated heterocycles. The summed E-state index contributed by atoms with van der Waals surface area (Å²) in [6.45, 7) is 1.80. The standard InChI is InChI=1S/C9H9FN4/c10-7-2-1-3-14-8(6-4-11-5-6)12-13-9(7)14/h1-3,6,11H,4-5H2. The van der Waals surface area contributed by atoms with E-state index in [2.05, 4.69) is 15.5 Å². The summed E-state index contributed by atoms with van der Waals surface area (Å²) in [6, 6.07) is 3.06. The second kappa shape index (κ2) is 2.75. The maximum atomic E-state index is 13.2. The summed E-state index contributed by atoms with van der Waals surface area (Å²) in [5.74, 6) is 0.892. The fourth-order valence-corrected chi connectivity index (χ4v) is 1.65. The van der Waals surface area contributed by atoms with Crippen LogP contribution in [0.5, 0.6) is 0 Å². The molecule has 0 aromatic carbocycles. The normalized spacial score (nSPS) is 17.2. The lowest BCUT2D eigenvalue weighted by molar-refractivity contribution is 0.427. The number of fused-ring (bicyclic) bond motifs is 1. The van der Waals surface area contributed by atoms with Gasteiger partial charge in [-0.15, -0.1) is 10.2 Å². The molecule has 0 atom stereocenters. The number of hydrogen-bond acceptors (Lipinski definition) is 3. The Morgan fingerprint density at radius 1 is 1.43 bits per heavy atom. The predicted molar refractivity (Wildman–Crippen MR) is 48.6 cm³/mol. The fourth-order valence-electron chi connectivity index (χ4n) is 1.65. The molecule has 3 heterocycles. The maximum absolute atomic E-state index is 13.2. The van der Waals surface area contributed by atoms with Gasteiger partial charge in [-0.1, -0.05) is 0 Å². The Labute approximate surface area is 79.8 Å². The highest BCUT2D eigenvalue weighted by Gasteiger charge is 2.24. The Balaban J connectivity index is 2.20. The molecule has 14 heavy (non-hydrogen) atoms. The quantitative estimate of drug-likeness (QED) is 0.717. The molecule has 0 bridgehead atoms. The van der Waals surface area contributed by atoms with Gasteiger partial charge in [0.05, 0.1) is 0 Å². The van der Waals surface area contributed by atoms with Crippen molar-refractivity contribution in [1.29, 1.82) is 0 Å². The molecule has 0 amide bonds. The first-order chi connectivity index (χ1) is 6.86. The molecule has 2 aromatic rings. The van der Waals surface area contributed by atoms with Crippen LogP contribution in [0.1, 0.15) is 11.7 Å². The Morgan fingerprint density at radius 2 is 2.29 bits per heavy atom. The van der Waals surface area contributed by atoms with Crippen LogP contribution < -0.4 is 5.32 Å². The average Bonchev–Trinajstić information content (AvgIpc) is 2.48. The van der Waals surface area contributed by atoms with E-state index in [1.807, 2.05) is 0 Å². The van der Waals surface area contributed by atoms with Gasteiger partial charge in [-0.25, -0.2) is 4.39 Å². The van der Waals surface area contributed by atoms with Crippen LogP contribution in [-0.4, -0.2) is 27.7 Å². The zero-order valence-corrected chi connectivity index (χ0v) is 7.44. The summed E-state index contributed by atoms with van der Waals surface area (Å²) in [7, 11) is 0. The van der Waals surface area contributed by atoms with Crippen molar-refractivity contribution in [1.82, 2.24) is 19.9 Å². The molecule has 1 aliphatic rings. The first-order valence-corrected chi connectivity index (χ1v) is 4.56. The van der Waals surface area contributed by atoms with Crippen molar-refractivity contribution in [3.8, 4) is 0 Å². The highest BCUT2D eigenvalue weighted by Crippen LogP contribution is 2.19. The number of hydrogen-bond donors (Lipinski definition) is 1. The first-order valence-electron chi connectivity index (χ1n) is 4.56. The van der Waals surface area contributed by atoms with Crippen molar-refractivity contribution in [3.05, 3.63) is 30.0 Å². The Morgan fingerprint density at radius 3 is 3.00 bits per heavy atom. The van der Waals surface area contributed by atoms with Crippen LogP contribution in [0.3, 0.4) is 0 Å². The molecular weight excluding hydrogens is 183 g/mol. The minimum Gasteiger partial charge on any atom is -0.315 e. The van der Waals surface area contributed by atoms with E-state index < -0.39 is 0 Å². The van der Waals surface area contributed by atoms with Crippen molar-refractivity contribution >= 4 is 5.65 Å². The number of nitrogens with zero attached hydrogens (tertiary/aromatic N) is 3. The Bertz CT molecular complexity index is 475. The van der Waals surface area contributed by atoms with Gasteiger partial charge in [-0.2, -0.15) is 0 Å². The highest BCUT2D eigenvalue weighted by atomic mass is 19.1. The van der Waals surface area contributed by atoms with Crippen molar-refractivity contribution in [2.45, 2.75) is 5.92 Å². The zero-order chi connectivity index (χ0) is 9.54. The van der Waals surface area contributed by atoms with Crippen LogP contribution in [0.25, 0.3) is 5.65 Å². The van der Waals surface area contributed by atoms with Gasteiger partial charge >= 0.3 is 0 Å². The molecule has 1 N–H and O–H groups in total. The third-order valence-corrected chi connectivity index (χ3v) is 2.56. The monoisotopic (exact) mass is 192 g/mol. The summed E-state index contributed by atoms with van der Waals surface area (Å²) in [6.07, 6.45) is 1.80. The van der Waals surface area contributed by atoms with Crippen molar-refractivity contribution < 1.29 is 4.39 Å². The van der Waals surface area contributed by atoms with Crippen LogP contribution in [0.15, 0.2) is 18.3 Å². The second-order valence-corrected chi connectivity index (χ2v) is 3.46. The summed E-state index contributed by atoms with van der Waals surface area (Å²) >= 11 is 0. The molecular formula is C9H9FN4. The molecule has 4 nitrogen and oxygen atoms in total. The summed E-state index contributed by atoms with van der Waals surface area (Å²) in [5.41, 5.74) is 0.314. The van der Waals surface area contributed by atoms with E-state index in [0.717, 1.165) is 18.9 Å². The maximum Gasteiger partial charge on any atom is 0.196 e. The third-order valence-electron chi connectivity index (χ3n) is 2.56. The molecule has 1 aliphatic heterocycles. The van der Waals surface area contributed by atoms with Gasteiger partial charge in [0.25, 0.3) is 0 Å². The lowest BCUT2D eigenvalue weighted by Gasteiger charge is -2.25. The topological polar surface area (TPSA) is 42.2 Å². The SMILES string of the molecule is Fc1cccn2c(C3CNC3)nnc12. The molecule has 3 rings (SSSR count). The summed E-state index contributed by atoms with van der Waals surface area (Å²) in [4.78, 5) is 0. The average molecular weight is 192 g/mol. The number of aromatic nitrogens is 3. The van der Waals surface area contributed by atoms with Gasteiger partial charge in [0.15, 0.2) is 11.5 Å². The van der Waals surface area contributed by atoms with E-state index in [4.69, 9.17) is 0 Å². The number of pyridine rings is 1. The molecule has 5 heteroatoms. The first kappa shape index (κ1) is 7.87. The molecule has 0 saturated carbocycles. The molecule has 2 aromatic heterocycles. The Kier molecular flexibility index (Phi) is 1.55. The lowest BCUT2D eigenvalue weighted by atomic mass is 10.0. The minimum atomic E-state index is -0.321. The molecule has 0 unspecified atom stereocenters. The molecule has 72 valence electrons. The van der Waals surface area contributed by atoms with E-state index in [0.29, 0.717) is 11.6 Å². The molecule has 0 spiro atoms.